The van der Waals surface area contributed by atoms with Crippen LogP contribution in [0.3, 0.4) is 0 Å². The molecule has 2 aromatic carbocycles. The van der Waals surface area contributed by atoms with E-state index in [0.29, 0.717) is 35.0 Å². The van der Waals surface area contributed by atoms with E-state index in [0.717, 1.165) is 25.7 Å². The minimum Gasteiger partial charge on any atom is -0.497 e. The van der Waals surface area contributed by atoms with Crippen LogP contribution < -0.4 is 10.1 Å². The van der Waals surface area contributed by atoms with Crippen molar-refractivity contribution in [3.05, 3.63) is 57.6 Å². The second kappa shape index (κ2) is 9.30. The quantitative estimate of drug-likeness (QED) is 0.732. The number of amides is 2. The first kappa shape index (κ1) is 20.5. The number of nitrogens with zero attached hydrogens (tertiary/aromatic N) is 1. The third-order valence-electron chi connectivity index (χ3n) is 4.77. The molecule has 1 heterocycles. The number of likely N-dealkylation sites (tertiary alicyclic amines) is 1. The molecular weight excluding hydrogens is 399 g/mol. The summed E-state index contributed by atoms with van der Waals surface area (Å²) in [5, 5.41) is 3.36. The van der Waals surface area contributed by atoms with E-state index >= 15 is 0 Å². The Hall–Kier alpha value is -2.24. The molecule has 2 aromatic rings. The van der Waals surface area contributed by atoms with Gasteiger partial charge in [-0.05, 0) is 49.2 Å². The Morgan fingerprint density at radius 1 is 1.00 bits per heavy atom. The first-order valence-corrected chi connectivity index (χ1v) is 9.99. The highest BCUT2D eigenvalue weighted by Gasteiger charge is 2.23. The topological polar surface area (TPSA) is 58.6 Å². The molecule has 0 bridgehead atoms. The molecule has 0 aromatic heterocycles. The third kappa shape index (κ3) is 4.78. The Labute approximate surface area is 174 Å². The standard InChI is InChI=1S/C21H22Cl2N2O3/c1-28-16-8-6-14(7-9-16)20(26)24-19-17(12-15(22)13-18(19)23)21(27)25-10-4-2-3-5-11-25/h6-9,12-13H,2-5,10-11H2,1H3,(H,24,26). The van der Waals surface area contributed by atoms with E-state index in [2.05, 4.69) is 5.32 Å². The van der Waals surface area contributed by atoms with E-state index in [1.807, 2.05) is 0 Å². The highest BCUT2D eigenvalue weighted by Crippen LogP contribution is 2.32. The van der Waals surface area contributed by atoms with E-state index in [-0.39, 0.29) is 22.5 Å². The van der Waals surface area contributed by atoms with E-state index in [9.17, 15) is 9.59 Å². The summed E-state index contributed by atoms with van der Waals surface area (Å²) in [5.41, 5.74) is 1.02. The van der Waals surface area contributed by atoms with Crippen LogP contribution in [0.25, 0.3) is 0 Å². The Morgan fingerprint density at radius 2 is 1.64 bits per heavy atom. The lowest BCUT2D eigenvalue weighted by molar-refractivity contribution is 0.0762. The number of halogens is 2. The van der Waals surface area contributed by atoms with Crippen LogP contribution in [0.5, 0.6) is 5.75 Å². The van der Waals surface area contributed by atoms with Gasteiger partial charge in [-0.2, -0.15) is 0 Å². The predicted octanol–water partition coefficient (Wildman–Crippen LogP) is 5.27. The van der Waals surface area contributed by atoms with Gasteiger partial charge >= 0.3 is 0 Å². The molecule has 1 aliphatic heterocycles. The molecule has 0 saturated carbocycles. The van der Waals surface area contributed by atoms with Gasteiger partial charge in [0.1, 0.15) is 5.75 Å². The zero-order valence-electron chi connectivity index (χ0n) is 15.6. The summed E-state index contributed by atoms with van der Waals surface area (Å²) >= 11 is 12.5. The van der Waals surface area contributed by atoms with Crippen LogP contribution in [0, 0.1) is 0 Å². The zero-order valence-corrected chi connectivity index (χ0v) is 17.1. The molecule has 1 saturated heterocycles. The number of methoxy groups -OCH3 is 1. The van der Waals surface area contributed by atoms with Crippen molar-refractivity contribution in [3.63, 3.8) is 0 Å². The van der Waals surface area contributed by atoms with Crippen molar-refractivity contribution < 1.29 is 14.3 Å². The van der Waals surface area contributed by atoms with E-state index < -0.39 is 0 Å². The van der Waals surface area contributed by atoms with Crippen molar-refractivity contribution >= 4 is 40.7 Å². The van der Waals surface area contributed by atoms with Crippen molar-refractivity contribution in [2.24, 2.45) is 0 Å². The Bertz CT molecular complexity index is 861. The molecule has 0 aliphatic carbocycles. The van der Waals surface area contributed by atoms with Crippen LogP contribution in [0.15, 0.2) is 36.4 Å². The van der Waals surface area contributed by atoms with Gasteiger partial charge in [-0.1, -0.05) is 36.0 Å². The Balaban J connectivity index is 1.89. The molecule has 0 spiro atoms. The van der Waals surface area contributed by atoms with Gasteiger partial charge in [-0.25, -0.2) is 0 Å². The fraction of sp³-hybridized carbons (Fsp3) is 0.333. The van der Waals surface area contributed by atoms with Gasteiger partial charge in [0, 0.05) is 23.7 Å². The number of hydrogen-bond acceptors (Lipinski definition) is 3. The maximum Gasteiger partial charge on any atom is 0.256 e. The van der Waals surface area contributed by atoms with Gasteiger partial charge in [-0.3, -0.25) is 9.59 Å². The molecule has 7 heteroatoms. The zero-order chi connectivity index (χ0) is 20.1. The molecule has 0 atom stereocenters. The second-order valence-electron chi connectivity index (χ2n) is 6.70. The van der Waals surface area contributed by atoms with Crippen molar-refractivity contribution in [1.29, 1.82) is 0 Å². The summed E-state index contributed by atoms with van der Waals surface area (Å²) in [6.45, 7) is 1.38. The summed E-state index contributed by atoms with van der Waals surface area (Å²) in [4.78, 5) is 27.6. The molecule has 5 nitrogen and oxygen atoms in total. The molecule has 0 radical (unpaired) electrons. The number of benzene rings is 2. The molecule has 28 heavy (non-hydrogen) atoms. The molecular formula is C21H22Cl2N2O3. The number of nitrogens with one attached hydrogen (secondary N) is 1. The Kier molecular flexibility index (Phi) is 6.81. The average Bonchev–Trinajstić information content (AvgIpc) is 2.98. The lowest BCUT2D eigenvalue weighted by atomic mass is 10.1. The Morgan fingerprint density at radius 3 is 2.25 bits per heavy atom. The monoisotopic (exact) mass is 420 g/mol. The van der Waals surface area contributed by atoms with Gasteiger partial charge in [-0.15, -0.1) is 0 Å². The average molecular weight is 421 g/mol. The van der Waals surface area contributed by atoms with E-state index in [1.165, 1.54) is 6.07 Å². The summed E-state index contributed by atoms with van der Waals surface area (Å²) in [7, 11) is 1.56. The molecule has 1 aliphatic rings. The van der Waals surface area contributed by atoms with Gasteiger partial charge in [0.05, 0.1) is 23.4 Å². The molecule has 2 amide bonds. The van der Waals surface area contributed by atoms with E-state index in [1.54, 1.807) is 42.3 Å². The number of ether oxygens (including phenoxy) is 1. The lowest BCUT2D eigenvalue weighted by Gasteiger charge is -2.22. The van der Waals surface area contributed by atoms with Crippen molar-refractivity contribution in [1.82, 2.24) is 4.90 Å². The largest absolute Gasteiger partial charge is 0.497 e. The predicted molar refractivity (Wildman–Crippen MR) is 112 cm³/mol. The van der Waals surface area contributed by atoms with Crippen LogP contribution in [-0.4, -0.2) is 36.9 Å². The highest BCUT2D eigenvalue weighted by molar-refractivity contribution is 6.38. The number of carbonyl (C=O) groups is 2. The molecule has 148 valence electrons. The molecule has 1 fully saturated rings. The smallest absolute Gasteiger partial charge is 0.256 e. The van der Waals surface area contributed by atoms with Gasteiger partial charge < -0.3 is 15.0 Å². The van der Waals surface area contributed by atoms with Gasteiger partial charge in [0.2, 0.25) is 0 Å². The summed E-state index contributed by atoms with van der Waals surface area (Å²) < 4.78 is 5.11. The van der Waals surface area contributed by atoms with Crippen LogP contribution in [0.1, 0.15) is 46.4 Å². The maximum absolute atomic E-state index is 13.1. The summed E-state index contributed by atoms with van der Waals surface area (Å²) in [6.07, 6.45) is 4.16. The number of rotatable bonds is 4. The van der Waals surface area contributed by atoms with E-state index in [4.69, 9.17) is 27.9 Å². The first-order valence-electron chi connectivity index (χ1n) is 9.23. The number of carbonyl (C=O) groups excluding carboxylic acids is 2. The molecule has 1 N–H and O–H groups in total. The molecule has 3 rings (SSSR count). The second-order valence-corrected chi connectivity index (χ2v) is 7.54. The van der Waals surface area contributed by atoms with Crippen LogP contribution in [0.4, 0.5) is 5.69 Å². The maximum atomic E-state index is 13.1. The normalized spacial score (nSPS) is 14.3. The SMILES string of the molecule is COc1ccc(C(=O)Nc2c(Cl)cc(Cl)cc2C(=O)N2CCCCCC2)cc1. The lowest BCUT2D eigenvalue weighted by Crippen LogP contribution is -2.32. The van der Waals surface area contributed by atoms with Crippen LogP contribution >= 0.6 is 23.2 Å². The first-order chi connectivity index (χ1) is 13.5. The van der Waals surface area contributed by atoms with Crippen LogP contribution in [0.2, 0.25) is 10.0 Å². The number of hydrogen-bond donors (Lipinski definition) is 1. The highest BCUT2D eigenvalue weighted by atomic mass is 35.5. The van der Waals surface area contributed by atoms with Gasteiger partial charge in [0.25, 0.3) is 11.8 Å². The third-order valence-corrected chi connectivity index (χ3v) is 5.29. The van der Waals surface area contributed by atoms with Crippen molar-refractivity contribution in [2.75, 3.05) is 25.5 Å². The number of anilines is 1. The molecule has 0 unspecified atom stereocenters. The van der Waals surface area contributed by atoms with Crippen molar-refractivity contribution in [3.8, 4) is 5.75 Å². The van der Waals surface area contributed by atoms with Gasteiger partial charge in [0.15, 0.2) is 0 Å². The minimum atomic E-state index is -0.364. The fourth-order valence-electron chi connectivity index (χ4n) is 3.24. The summed E-state index contributed by atoms with van der Waals surface area (Å²) in [5.74, 6) is 0.117. The van der Waals surface area contributed by atoms with Crippen LogP contribution in [-0.2, 0) is 0 Å². The minimum absolute atomic E-state index is 0.170. The summed E-state index contributed by atoms with van der Waals surface area (Å²) in [6, 6.07) is 9.77. The fourth-order valence-corrected chi connectivity index (χ4v) is 3.78. The van der Waals surface area contributed by atoms with Crippen molar-refractivity contribution in [2.45, 2.75) is 25.7 Å².